The zero-order valence-electron chi connectivity index (χ0n) is 14.2. The first kappa shape index (κ1) is 19.4. The second kappa shape index (κ2) is 8.97. The van der Waals surface area contributed by atoms with Crippen LogP contribution in [0.1, 0.15) is 34.3 Å². The number of nitrogens with one attached hydrogen (secondary N) is 1. The quantitative estimate of drug-likeness (QED) is 0.585. The Morgan fingerprint density at radius 3 is 2.56 bits per heavy atom. The molecule has 0 fully saturated rings. The van der Waals surface area contributed by atoms with Crippen molar-refractivity contribution in [3.05, 3.63) is 57.1 Å². The molecule has 0 heterocycles. The summed E-state index contributed by atoms with van der Waals surface area (Å²) in [5.74, 6) is -0.199. The number of carbonyl (C=O) groups is 1. The lowest BCUT2D eigenvalue weighted by Gasteiger charge is -2.12. The van der Waals surface area contributed by atoms with Crippen LogP contribution in [0.15, 0.2) is 30.3 Å². The van der Waals surface area contributed by atoms with Gasteiger partial charge in [-0.15, -0.1) is 0 Å². The molecule has 0 saturated carbocycles. The van der Waals surface area contributed by atoms with Crippen molar-refractivity contribution in [1.82, 2.24) is 0 Å². The minimum Gasteiger partial charge on any atom is -0.494 e. The predicted octanol–water partition coefficient (Wildman–Crippen LogP) is 5.58. The van der Waals surface area contributed by atoms with E-state index in [1.54, 1.807) is 0 Å². The van der Waals surface area contributed by atoms with Gasteiger partial charge in [-0.3, -0.25) is 0 Å². The summed E-state index contributed by atoms with van der Waals surface area (Å²) in [4.78, 5) is 11.3. The van der Waals surface area contributed by atoms with Crippen LogP contribution in [-0.2, 0) is 0 Å². The van der Waals surface area contributed by atoms with Crippen LogP contribution in [0.3, 0.4) is 0 Å². The highest BCUT2D eigenvalue weighted by Gasteiger charge is 2.14. The lowest BCUT2D eigenvalue weighted by atomic mass is 10.1. The van der Waals surface area contributed by atoms with E-state index in [-0.39, 0.29) is 5.56 Å². The molecule has 0 aliphatic rings. The van der Waals surface area contributed by atoms with E-state index in [9.17, 15) is 9.90 Å². The molecule has 0 aliphatic heterocycles. The van der Waals surface area contributed by atoms with Crippen LogP contribution < -0.4 is 10.1 Å². The second-order valence-corrected chi connectivity index (χ2v) is 6.69. The summed E-state index contributed by atoms with van der Waals surface area (Å²) >= 11 is 11.9. The van der Waals surface area contributed by atoms with Crippen molar-refractivity contribution in [1.29, 1.82) is 0 Å². The third-order valence-corrected chi connectivity index (χ3v) is 4.42. The van der Waals surface area contributed by atoms with E-state index in [1.807, 2.05) is 18.2 Å². The number of aromatic carboxylic acids is 1. The molecule has 0 saturated heterocycles. The molecule has 0 unspecified atom stereocenters. The van der Waals surface area contributed by atoms with Crippen LogP contribution in [0.4, 0.5) is 5.69 Å². The maximum atomic E-state index is 11.3. The molecular weight excluding hydrogens is 361 g/mol. The van der Waals surface area contributed by atoms with Gasteiger partial charge in [0.25, 0.3) is 0 Å². The summed E-state index contributed by atoms with van der Waals surface area (Å²) in [7, 11) is 0. The fourth-order valence-corrected chi connectivity index (χ4v) is 2.92. The van der Waals surface area contributed by atoms with Crippen LogP contribution in [0, 0.1) is 13.8 Å². The molecule has 134 valence electrons. The van der Waals surface area contributed by atoms with E-state index in [4.69, 9.17) is 27.9 Å². The van der Waals surface area contributed by atoms with Gasteiger partial charge in [-0.2, -0.15) is 0 Å². The lowest BCUT2D eigenvalue weighted by molar-refractivity contribution is 0.0698. The standard InChI is InChI=1S/C19H21Cl2NO3/c1-12-5-6-15(9-13(12)2)25-8-4-3-7-22-18-16(19(23)24)10-14(20)11-17(18)21/h5-6,9-11,22H,3-4,7-8H2,1-2H3,(H,23,24). The molecule has 0 spiro atoms. The number of hydrogen-bond donors (Lipinski definition) is 2. The molecule has 0 amide bonds. The molecule has 4 nitrogen and oxygen atoms in total. The third-order valence-electron chi connectivity index (χ3n) is 3.91. The van der Waals surface area contributed by atoms with E-state index in [2.05, 4.69) is 19.2 Å². The van der Waals surface area contributed by atoms with E-state index in [1.165, 1.54) is 23.3 Å². The van der Waals surface area contributed by atoms with Crippen molar-refractivity contribution >= 4 is 34.9 Å². The summed E-state index contributed by atoms with van der Waals surface area (Å²) < 4.78 is 5.73. The molecule has 2 aromatic carbocycles. The number of rotatable bonds is 8. The van der Waals surface area contributed by atoms with Gasteiger partial charge in [0, 0.05) is 11.6 Å². The Labute approximate surface area is 157 Å². The molecule has 0 aliphatic carbocycles. The summed E-state index contributed by atoms with van der Waals surface area (Å²) in [6, 6.07) is 8.96. The number of unbranched alkanes of at least 4 members (excludes halogenated alkanes) is 1. The maximum Gasteiger partial charge on any atom is 0.337 e. The smallest absolute Gasteiger partial charge is 0.337 e. The second-order valence-electron chi connectivity index (χ2n) is 5.84. The Balaban J connectivity index is 1.80. The number of halogens is 2. The van der Waals surface area contributed by atoms with E-state index in [0.29, 0.717) is 28.9 Å². The van der Waals surface area contributed by atoms with Crippen LogP contribution in [-0.4, -0.2) is 24.2 Å². The molecule has 2 aromatic rings. The van der Waals surface area contributed by atoms with Crippen LogP contribution in [0.5, 0.6) is 5.75 Å². The Bertz CT molecular complexity index is 763. The van der Waals surface area contributed by atoms with Gasteiger partial charge < -0.3 is 15.2 Å². The first-order chi connectivity index (χ1) is 11.9. The number of aryl methyl sites for hydroxylation is 2. The van der Waals surface area contributed by atoms with Crippen LogP contribution in [0.25, 0.3) is 0 Å². The third kappa shape index (κ3) is 5.55. The number of ether oxygens (including phenoxy) is 1. The summed E-state index contributed by atoms with van der Waals surface area (Å²) in [6.07, 6.45) is 1.66. The number of carboxylic acid groups (broad SMARTS) is 1. The Hall–Kier alpha value is -1.91. The normalized spacial score (nSPS) is 10.6. The molecule has 6 heteroatoms. The van der Waals surface area contributed by atoms with Crippen molar-refractivity contribution in [3.8, 4) is 5.75 Å². The van der Waals surface area contributed by atoms with Crippen LogP contribution >= 0.6 is 23.2 Å². The summed E-state index contributed by atoms with van der Waals surface area (Å²) in [5.41, 5.74) is 2.92. The van der Waals surface area contributed by atoms with E-state index in [0.717, 1.165) is 18.6 Å². The predicted molar refractivity (Wildman–Crippen MR) is 103 cm³/mol. The van der Waals surface area contributed by atoms with Gasteiger partial charge in [0.1, 0.15) is 5.75 Å². The zero-order valence-corrected chi connectivity index (χ0v) is 15.7. The molecule has 0 bridgehead atoms. The van der Waals surface area contributed by atoms with Crippen molar-refractivity contribution in [2.45, 2.75) is 26.7 Å². The highest BCUT2D eigenvalue weighted by Crippen LogP contribution is 2.30. The Morgan fingerprint density at radius 2 is 1.88 bits per heavy atom. The first-order valence-corrected chi connectivity index (χ1v) is 8.80. The number of hydrogen-bond acceptors (Lipinski definition) is 3. The monoisotopic (exact) mass is 381 g/mol. The number of benzene rings is 2. The number of anilines is 1. The minimum atomic E-state index is -1.06. The zero-order chi connectivity index (χ0) is 18.4. The SMILES string of the molecule is Cc1ccc(OCCCCNc2c(Cl)cc(Cl)cc2C(=O)O)cc1C. The molecule has 0 aromatic heterocycles. The fraction of sp³-hybridized carbons (Fsp3) is 0.316. The average molecular weight is 382 g/mol. The van der Waals surface area contributed by atoms with Gasteiger partial charge in [0.15, 0.2) is 0 Å². The minimum absolute atomic E-state index is 0.0730. The molecule has 0 atom stereocenters. The number of carboxylic acids is 1. The highest BCUT2D eigenvalue weighted by molar-refractivity contribution is 6.37. The van der Waals surface area contributed by atoms with Gasteiger partial charge in [0.05, 0.1) is 22.9 Å². The highest BCUT2D eigenvalue weighted by atomic mass is 35.5. The fourth-order valence-electron chi connectivity index (χ4n) is 2.36. The molecule has 25 heavy (non-hydrogen) atoms. The van der Waals surface area contributed by atoms with Crippen LogP contribution in [0.2, 0.25) is 10.0 Å². The summed E-state index contributed by atoms with van der Waals surface area (Å²) in [6.45, 7) is 5.32. The van der Waals surface area contributed by atoms with Gasteiger partial charge in [-0.1, -0.05) is 29.3 Å². The lowest BCUT2D eigenvalue weighted by Crippen LogP contribution is -2.09. The Kier molecular flexibility index (Phi) is 6.97. The van der Waals surface area contributed by atoms with Gasteiger partial charge in [-0.05, 0) is 62.1 Å². The van der Waals surface area contributed by atoms with Crippen molar-refractivity contribution in [2.75, 3.05) is 18.5 Å². The van der Waals surface area contributed by atoms with E-state index >= 15 is 0 Å². The topological polar surface area (TPSA) is 58.6 Å². The molecule has 2 rings (SSSR count). The van der Waals surface area contributed by atoms with Crippen molar-refractivity contribution in [2.24, 2.45) is 0 Å². The average Bonchev–Trinajstić information content (AvgIpc) is 2.55. The van der Waals surface area contributed by atoms with Crippen molar-refractivity contribution < 1.29 is 14.6 Å². The first-order valence-electron chi connectivity index (χ1n) is 8.04. The van der Waals surface area contributed by atoms with Gasteiger partial charge in [-0.25, -0.2) is 4.79 Å². The summed E-state index contributed by atoms with van der Waals surface area (Å²) in [5, 5.41) is 12.9. The molecule has 0 radical (unpaired) electrons. The maximum absolute atomic E-state index is 11.3. The van der Waals surface area contributed by atoms with Gasteiger partial charge in [0.2, 0.25) is 0 Å². The molecular formula is C19H21Cl2NO3. The molecule has 2 N–H and O–H groups in total. The largest absolute Gasteiger partial charge is 0.494 e. The van der Waals surface area contributed by atoms with Gasteiger partial charge >= 0.3 is 5.97 Å². The van der Waals surface area contributed by atoms with Crippen molar-refractivity contribution in [3.63, 3.8) is 0 Å². The van der Waals surface area contributed by atoms with E-state index < -0.39 is 5.97 Å². The Morgan fingerprint density at radius 1 is 1.12 bits per heavy atom.